The Morgan fingerprint density at radius 2 is 1.67 bits per heavy atom. The zero-order chi connectivity index (χ0) is 19.2. The van der Waals surface area contributed by atoms with Crippen molar-refractivity contribution in [2.45, 2.75) is 33.3 Å². The molecular formula is C23H24N2O2. The smallest absolute Gasteiger partial charge is 0.265 e. The van der Waals surface area contributed by atoms with Crippen LogP contribution in [0.15, 0.2) is 67.0 Å². The van der Waals surface area contributed by atoms with Gasteiger partial charge in [-0.2, -0.15) is 0 Å². The first kappa shape index (κ1) is 18.6. The van der Waals surface area contributed by atoms with Crippen molar-refractivity contribution in [2.24, 2.45) is 0 Å². The number of benzene rings is 2. The summed E-state index contributed by atoms with van der Waals surface area (Å²) < 4.78 is 5.82. The predicted molar refractivity (Wildman–Crippen MR) is 108 cm³/mol. The fourth-order valence-corrected chi connectivity index (χ4v) is 2.86. The lowest BCUT2D eigenvalue weighted by molar-refractivity contribution is -0.122. The first-order chi connectivity index (χ1) is 13.0. The largest absolute Gasteiger partial charge is 0.481 e. The van der Waals surface area contributed by atoms with Crippen LogP contribution in [0.25, 0.3) is 0 Å². The number of aryl methyl sites for hydroxylation is 2. The van der Waals surface area contributed by atoms with E-state index in [9.17, 15) is 4.79 Å². The summed E-state index contributed by atoms with van der Waals surface area (Å²) in [6.07, 6.45) is 3.84. The molecule has 0 unspecified atom stereocenters. The van der Waals surface area contributed by atoms with E-state index >= 15 is 0 Å². The second kappa shape index (κ2) is 8.49. The van der Waals surface area contributed by atoms with Crippen LogP contribution in [0.3, 0.4) is 0 Å². The van der Waals surface area contributed by atoms with Gasteiger partial charge in [-0.1, -0.05) is 29.8 Å². The zero-order valence-electron chi connectivity index (χ0n) is 15.9. The Morgan fingerprint density at radius 1 is 1.00 bits per heavy atom. The molecule has 0 bridgehead atoms. The van der Waals surface area contributed by atoms with Crippen molar-refractivity contribution in [3.05, 3.63) is 89.2 Å². The Morgan fingerprint density at radius 3 is 2.33 bits per heavy atom. The van der Waals surface area contributed by atoms with E-state index in [0.717, 1.165) is 23.4 Å². The summed E-state index contributed by atoms with van der Waals surface area (Å²) in [6, 6.07) is 17.8. The van der Waals surface area contributed by atoms with Gasteiger partial charge in [-0.15, -0.1) is 0 Å². The molecule has 1 atom stereocenters. The van der Waals surface area contributed by atoms with Gasteiger partial charge in [0.15, 0.2) is 6.10 Å². The number of rotatable bonds is 6. The lowest BCUT2D eigenvalue weighted by Gasteiger charge is -2.16. The van der Waals surface area contributed by atoms with E-state index in [1.807, 2.05) is 68.4 Å². The molecule has 2 aromatic carbocycles. The predicted octanol–water partition coefficient (Wildman–Crippen LogP) is 4.70. The summed E-state index contributed by atoms with van der Waals surface area (Å²) in [5.41, 5.74) is 5.34. The van der Waals surface area contributed by atoms with Gasteiger partial charge in [0, 0.05) is 18.1 Å². The second-order valence-electron chi connectivity index (χ2n) is 6.75. The third kappa shape index (κ3) is 5.17. The average molecular weight is 360 g/mol. The highest BCUT2D eigenvalue weighted by molar-refractivity contribution is 5.94. The molecule has 1 N–H and O–H groups in total. The van der Waals surface area contributed by atoms with Crippen LogP contribution in [0, 0.1) is 13.8 Å². The summed E-state index contributed by atoms with van der Waals surface area (Å²) in [6.45, 7) is 5.77. The fourth-order valence-electron chi connectivity index (χ4n) is 2.86. The molecule has 0 saturated heterocycles. The number of hydrogen-bond donors (Lipinski definition) is 1. The maximum absolute atomic E-state index is 12.4. The maximum Gasteiger partial charge on any atom is 0.265 e. The first-order valence-electron chi connectivity index (χ1n) is 9.04. The molecule has 0 aliphatic carbocycles. The summed E-state index contributed by atoms with van der Waals surface area (Å²) in [5, 5.41) is 2.91. The molecule has 138 valence electrons. The molecule has 0 fully saturated rings. The van der Waals surface area contributed by atoms with Crippen molar-refractivity contribution < 1.29 is 9.53 Å². The van der Waals surface area contributed by atoms with Gasteiger partial charge in [-0.25, -0.2) is 0 Å². The van der Waals surface area contributed by atoms with Gasteiger partial charge in [0.2, 0.25) is 0 Å². The summed E-state index contributed by atoms with van der Waals surface area (Å²) >= 11 is 0. The number of nitrogens with zero attached hydrogens (tertiary/aromatic N) is 1. The van der Waals surface area contributed by atoms with Crippen molar-refractivity contribution in [1.29, 1.82) is 0 Å². The minimum Gasteiger partial charge on any atom is -0.481 e. The van der Waals surface area contributed by atoms with Crippen LogP contribution in [-0.4, -0.2) is 17.0 Å². The second-order valence-corrected chi connectivity index (χ2v) is 6.75. The maximum atomic E-state index is 12.4. The van der Waals surface area contributed by atoms with Crippen molar-refractivity contribution in [1.82, 2.24) is 4.98 Å². The Bertz CT molecular complexity index is 905. The normalized spacial score (nSPS) is 11.7. The van der Waals surface area contributed by atoms with Gasteiger partial charge in [-0.05, 0) is 74.2 Å². The van der Waals surface area contributed by atoms with Crippen LogP contribution in [0.2, 0.25) is 0 Å². The van der Waals surface area contributed by atoms with Crippen LogP contribution in [0.5, 0.6) is 5.75 Å². The molecule has 0 spiro atoms. The number of pyridine rings is 1. The highest BCUT2D eigenvalue weighted by Gasteiger charge is 2.16. The van der Waals surface area contributed by atoms with E-state index in [0.29, 0.717) is 0 Å². The third-order valence-corrected chi connectivity index (χ3v) is 4.38. The number of nitrogens with one attached hydrogen (secondary N) is 1. The summed E-state index contributed by atoms with van der Waals surface area (Å²) in [7, 11) is 0. The van der Waals surface area contributed by atoms with Crippen LogP contribution in [-0.2, 0) is 11.2 Å². The quantitative estimate of drug-likeness (QED) is 0.693. The molecule has 4 heteroatoms. The van der Waals surface area contributed by atoms with Crippen LogP contribution < -0.4 is 10.1 Å². The van der Waals surface area contributed by atoms with E-state index in [1.165, 1.54) is 16.7 Å². The molecule has 0 aliphatic rings. The van der Waals surface area contributed by atoms with Gasteiger partial charge in [0.05, 0.1) is 0 Å². The molecule has 27 heavy (non-hydrogen) atoms. The molecule has 0 aliphatic heterocycles. The molecule has 1 heterocycles. The monoisotopic (exact) mass is 360 g/mol. The highest BCUT2D eigenvalue weighted by atomic mass is 16.5. The number of carbonyl (C=O) groups is 1. The van der Waals surface area contributed by atoms with Gasteiger partial charge in [0.1, 0.15) is 5.75 Å². The SMILES string of the molecule is Cc1ccc(O[C@@H](C)C(=O)Nc2ccc(Cc3ccncc3)cc2)c(C)c1. The van der Waals surface area contributed by atoms with Gasteiger partial charge < -0.3 is 10.1 Å². The van der Waals surface area contributed by atoms with Crippen LogP contribution in [0.4, 0.5) is 5.69 Å². The number of amides is 1. The highest BCUT2D eigenvalue weighted by Crippen LogP contribution is 2.20. The Kier molecular flexibility index (Phi) is 5.87. The van der Waals surface area contributed by atoms with Crippen LogP contribution >= 0.6 is 0 Å². The first-order valence-corrected chi connectivity index (χ1v) is 9.04. The van der Waals surface area contributed by atoms with Gasteiger partial charge in [-0.3, -0.25) is 9.78 Å². The number of hydrogen-bond acceptors (Lipinski definition) is 3. The number of ether oxygens (including phenoxy) is 1. The van der Waals surface area contributed by atoms with E-state index in [2.05, 4.69) is 10.3 Å². The molecular weight excluding hydrogens is 336 g/mol. The molecule has 0 radical (unpaired) electrons. The van der Waals surface area contributed by atoms with Gasteiger partial charge in [0.25, 0.3) is 5.91 Å². The average Bonchev–Trinajstić information content (AvgIpc) is 2.66. The topological polar surface area (TPSA) is 51.2 Å². The summed E-state index contributed by atoms with van der Waals surface area (Å²) in [4.78, 5) is 16.5. The van der Waals surface area contributed by atoms with E-state index in [-0.39, 0.29) is 5.91 Å². The van der Waals surface area contributed by atoms with E-state index in [1.54, 1.807) is 19.3 Å². The van der Waals surface area contributed by atoms with E-state index < -0.39 is 6.10 Å². The lowest BCUT2D eigenvalue weighted by atomic mass is 10.1. The zero-order valence-corrected chi connectivity index (χ0v) is 15.9. The Hall–Kier alpha value is -3.14. The molecule has 3 aromatic rings. The van der Waals surface area contributed by atoms with Crippen molar-refractivity contribution in [3.8, 4) is 5.75 Å². The summed E-state index contributed by atoms with van der Waals surface area (Å²) in [5.74, 6) is 0.563. The third-order valence-electron chi connectivity index (χ3n) is 4.38. The molecule has 1 amide bonds. The molecule has 3 rings (SSSR count). The Labute approximate surface area is 160 Å². The van der Waals surface area contributed by atoms with Crippen molar-refractivity contribution >= 4 is 11.6 Å². The van der Waals surface area contributed by atoms with Crippen molar-refractivity contribution in [2.75, 3.05) is 5.32 Å². The molecule has 1 aromatic heterocycles. The van der Waals surface area contributed by atoms with Gasteiger partial charge >= 0.3 is 0 Å². The lowest BCUT2D eigenvalue weighted by Crippen LogP contribution is -2.30. The Balaban J connectivity index is 1.58. The minimum absolute atomic E-state index is 0.170. The number of aromatic nitrogens is 1. The van der Waals surface area contributed by atoms with Crippen molar-refractivity contribution in [3.63, 3.8) is 0 Å². The minimum atomic E-state index is -0.581. The standard InChI is InChI=1S/C23H24N2O2/c1-16-4-9-22(17(2)14-16)27-18(3)23(26)25-21-7-5-19(6-8-21)15-20-10-12-24-13-11-20/h4-14,18H,15H2,1-3H3,(H,25,26)/t18-/m0/s1. The van der Waals surface area contributed by atoms with Crippen LogP contribution in [0.1, 0.15) is 29.2 Å². The molecule has 4 nitrogen and oxygen atoms in total. The fraction of sp³-hybridized carbons (Fsp3) is 0.217. The number of carbonyl (C=O) groups excluding carboxylic acids is 1. The molecule has 0 saturated carbocycles. The van der Waals surface area contributed by atoms with E-state index in [4.69, 9.17) is 4.74 Å². The number of anilines is 1.